The van der Waals surface area contributed by atoms with E-state index in [4.69, 9.17) is 15.2 Å². The molecule has 2 saturated heterocycles. The van der Waals surface area contributed by atoms with Gasteiger partial charge < -0.3 is 35.8 Å². The fraction of sp³-hybridized carbons (Fsp3) is 0.452. The lowest BCUT2D eigenvalue weighted by Gasteiger charge is -2.43. The van der Waals surface area contributed by atoms with E-state index in [0.29, 0.717) is 55.3 Å². The molecule has 2 aromatic heterocycles. The number of carbonyl (C=O) groups excluding carboxylic acids is 4. The molecule has 0 radical (unpaired) electrons. The van der Waals surface area contributed by atoms with E-state index in [0.717, 1.165) is 54.1 Å². The third-order valence-corrected chi connectivity index (χ3v) is 12.2. The number of hydrogen-bond donors (Lipinski definition) is 3. The van der Waals surface area contributed by atoms with Crippen LogP contribution in [0.1, 0.15) is 63.9 Å². The lowest BCUT2D eigenvalue weighted by atomic mass is 9.80. The largest absolute Gasteiger partial charge is 0.507 e. The number of rotatable bonds is 10. The average molecular weight is 808 g/mol. The minimum atomic E-state index is -0.595. The number of para-hydroxylation sites is 2. The van der Waals surface area contributed by atoms with Gasteiger partial charge in [-0.05, 0) is 67.9 Å². The highest BCUT2D eigenvalue weighted by Crippen LogP contribution is 2.45. The topological polar surface area (TPSA) is 217 Å². The number of likely N-dealkylation sites (tertiary alicyclic amines) is 1. The molecule has 0 bridgehead atoms. The predicted molar refractivity (Wildman–Crippen MR) is 216 cm³/mol. The molecule has 1 saturated carbocycles. The summed E-state index contributed by atoms with van der Waals surface area (Å²) in [5, 5.41) is 23.1. The maximum absolute atomic E-state index is 13.8. The second kappa shape index (κ2) is 16.7. The predicted octanol–water partition coefficient (Wildman–Crippen LogP) is 2.48. The van der Waals surface area contributed by atoms with Crippen molar-refractivity contribution < 1.29 is 39.5 Å². The molecule has 4 aliphatic rings. The lowest BCUT2D eigenvalue weighted by Crippen LogP contribution is -2.68. The third-order valence-electron chi connectivity index (χ3n) is 12.2. The molecule has 3 aliphatic heterocycles. The first kappa shape index (κ1) is 39.7. The summed E-state index contributed by atoms with van der Waals surface area (Å²) in [5.41, 5.74) is 14.1. The number of nitrogens with two attached hydrogens (primary N) is 1. The number of phenols is 1. The fourth-order valence-corrected chi connectivity index (χ4v) is 8.70. The molecular weight excluding hydrogens is 757 g/mol. The van der Waals surface area contributed by atoms with E-state index in [-0.39, 0.29) is 53.6 Å². The molecule has 8 rings (SSSR count). The molecule has 2 atom stereocenters. The van der Waals surface area contributed by atoms with E-state index < -0.39 is 24.8 Å². The van der Waals surface area contributed by atoms with Gasteiger partial charge in [-0.1, -0.05) is 38.1 Å². The Bertz CT molecular complexity index is 2240. The van der Waals surface area contributed by atoms with E-state index >= 15 is 0 Å². The van der Waals surface area contributed by atoms with Gasteiger partial charge in [0, 0.05) is 37.0 Å². The van der Waals surface area contributed by atoms with Crippen LogP contribution in [-0.4, -0.2) is 116 Å². The van der Waals surface area contributed by atoms with Gasteiger partial charge in [-0.3, -0.25) is 19.3 Å². The first-order valence-corrected chi connectivity index (χ1v) is 20.4. The molecule has 0 spiro atoms. The van der Waals surface area contributed by atoms with Crippen LogP contribution in [-0.2, 0) is 23.9 Å². The summed E-state index contributed by atoms with van der Waals surface area (Å²) in [6.45, 7) is 5.76. The monoisotopic (exact) mass is 807 g/mol. The maximum atomic E-state index is 13.8. The molecule has 1 aliphatic carbocycles. The number of anilines is 3. The molecule has 2 unspecified atom stereocenters. The SMILES string of the molecule is CC(C)C([NH3+])C(=O)OCN1C(=O)CCC(N2CCOc3c(C4CCC(N5CCN(c6cnn(-c7cc(-c8ccccc8O)nnc7N)c6)C(=O)C5)CC4)cccc32)C1=O. The van der Waals surface area contributed by atoms with Crippen LogP contribution < -0.4 is 26.0 Å². The van der Waals surface area contributed by atoms with Crippen molar-refractivity contribution in [2.45, 2.75) is 76.4 Å². The van der Waals surface area contributed by atoms with Crippen molar-refractivity contribution in [3.05, 3.63) is 66.5 Å². The summed E-state index contributed by atoms with van der Waals surface area (Å²) in [6.07, 6.45) is 7.65. The van der Waals surface area contributed by atoms with Crippen LogP contribution in [0, 0.1) is 5.92 Å². The van der Waals surface area contributed by atoms with Crippen molar-refractivity contribution in [1.29, 1.82) is 0 Å². The van der Waals surface area contributed by atoms with Gasteiger partial charge in [-0.15, -0.1) is 10.2 Å². The normalized spacial score (nSPS) is 22.0. The second-order valence-corrected chi connectivity index (χ2v) is 16.1. The van der Waals surface area contributed by atoms with Crippen LogP contribution in [0.4, 0.5) is 17.2 Å². The number of nitrogens with zero attached hydrogens (tertiary/aromatic N) is 8. The second-order valence-electron chi connectivity index (χ2n) is 16.1. The van der Waals surface area contributed by atoms with Crippen molar-refractivity contribution in [3.8, 4) is 28.4 Å². The summed E-state index contributed by atoms with van der Waals surface area (Å²) in [7, 11) is 0. The smallest absolute Gasteiger partial charge is 0.366 e. The molecule has 17 heteroatoms. The number of esters is 1. The van der Waals surface area contributed by atoms with E-state index in [1.807, 2.05) is 30.9 Å². The molecule has 3 amide bonds. The van der Waals surface area contributed by atoms with E-state index in [9.17, 15) is 24.3 Å². The number of quaternary nitrogens is 1. The summed E-state index contributed by atoms with van der Waals surface area (Å²) in [4.78, 5) is 59.8. The highest BCUT2D eigenvalue weighted by molar-refractivity contribution is 6.02. The van der Waals surface area contributed by atoms with Crippen LogP contribution in [0.25, 0.3) is 16.9 Å². The Kier molecular flexibility index (Phi) is 11.2. The van der Waals surface area contributed by atoms with Gasteiger partial charge in [0.2, 0.25) is 11.8 Å². The molecular formula is C42H51N10O7+. The average Bonchev–Trinajstić information content (AvgIpc) is 3.73. The van der Waals surface area contributed by atoms with Gasteiger partial charge >= 0.3 is 5.97 Å². The summed E-state index contributed by atoms with van der Waals surface area (Å²) < 4.78 is 13.3. The zero-order chi connectivity index (χ0) is 41.4. The van der Waals surface area contributed by atoms with E-state index in [2.05, 4.69) is 32.0 Å². The minimum Gasteiger partial charge on any atom is -0.507 e. The molecule has 3 fully saturated rings. The number of carbonyl (C=O) groups is 4. The number of hydrogen-bond acceptors (Lipinski definition) is 13. The number of fused-ring (bicyclic) bond motifs is 1. The lowest BCUT2D eigenvalue weighted by molar-refractivity contribution is -0.419. The Hall–Kier alpha value is -6.07. The van der Waals surface area contributed by atoms with Crippen molar-refractivity contribution in [1.82, 2.24) is 29.8 Å². The van der Waals surface area contributed by atoms with Gasteiger partial charge in [-0.2, -0.15) is 5.10 Å². The number of amides is 3. The first-order valence-electron chi connectivity index (χ1n) is 20.4. The number of aromatic nitrogens is 4. The van der Waals surface area contributed by atoms with Crippen molar-refractivity contribution in [2.75, 3.05) is 55.1 Å². The number of aromatic hydroxyl groups is 1. The Morgan fingerprint density at radius 1 is 0.983 bits per heavy atom. The quantitative estimate of drug-likeness (QED) is 0.155. The van der Waals surface area contributed by atoms with Crippen LogP contribution in [0.15, 0.2) is 60.9 Å². The van der Waals surface area contributed by atoms with Gasteiger partial charge in [-0.25, -0.2) is 14.4 Å². The highest BCUT2D eigenvalue weighted by Gasteiger charge is 2.42. The van der Waals surface area contributed by atoms with E-state index in [1.165, 1.54) is 0 Å². The van der Waals surface area contributed by atoms with Gasteiger partial charge in [0.05, 0.1) is 42.6 Å². The number of piperazine rings is 1. The number of benzene rings is 2. The molecule has 4 aromatic rings. The molecule has 17 nitrogen and oxygen atoms in total. The Labute approximate surface area is 341 Å². The number of nitrogen functional groups attached to an aromatic ring is 1. The molecule has 2 aromatic carbocycles. The minimum absolute atomic E-state index is 0.00271. The summed E-state index contributed by atoms with van der Waals surface area (Å²) in [5.74, 6) is -0.0306. The molecule has 59 heavy (non-hydrogen) atoms. The number of imide groups is 1. The van der Waals surface area contributed by atoms with Crippen LogP contribution in [0.3, 0.4) is 0 Å². The first-order chi connectivity index (χ1) is 28.5. The third kappa shape index (κ3) is 7.91. The van der Waals surface area contributed by atoms with Crippen LogP contribution in [0.2, 0.25) is 0 Å². The van der Waals surface area contributed by atoms with Gasteiger partial charge in [0.15, 0.2) is 18.6 Å². The maximum Gasteiger partial charge on any atom is 0.366 e. The van der Waals surface area contributed by atoms with Gasteiger partial charge in [0.25, 0.3) is 5.91 Å². The van der Waals surface area contributed by atoms with Crippen LogP contribution in [0.5, 0.6) is 11.5 Å². The van der Waals surface area contributed by atoms with Crippen LogP contribution >= 0.6 is 0 Å². The zero-order valence-corrected chi connectivity index (χ0v) is 33.4. The van der Waals surface area contributed by atoms with Crippen molar-refractivity contribution in [2.24, 2.45) is 5.92 Å². The standard InChI is InChI=1S/C42H50N10O7/c1-25(2)38(43)42(57)59-24-51-36(54)15-14-33(41(51)56)50-18-19-58-39-29(7-5-8-32(39)50)26-10-12-27(13-11-26)48-16-17-49(37(55)23-48)28-21-45-52(22-28)34-20-31(46-47-40(34)44)30-6-3-4-9-35(30)53/h3-9,20-22,25-27,33,38,53H,10-19,23-24,43H2,1-2H3,(H2,44,47)/p+1. The van der Waals surface area contributed by atoms with E-state index in [1.54, 1.807) is 52.3 Å². The highest BCUT2D eigenvalue weighted by atomic mass is 16.5. The zero-order valence-electron chi connectivity index (χ0n) is 33.4. The van der Waals surface area contributed by atoms with Gasteiger partial charge in [0.1, 0.15) is 29.8 Å². The van der Waals surface area contributed by atoms with Crippen molar-refractivity contribution in [3.63, 3.8) is 0 Å². The molecule has 5 heterocycles. The Morgan fingerprint density at radius 2 is 1.78 bits per heavy atom. The summed E-state index contributed by atoms with van der Waals surface area (Å²) >= 11 is 0. The summed E-state index contributed by atoms with van der Waals surface area (Å²) in [6, 6.07) is 13.7. The number of phenolic OH excluding ortho intramolecular Hbond substituents is 1. The molecule has 310 valence electrons. The Morgan fingerprint density at radius 3 is 2.54 bits per heavy atom. The number of piperidine rings is 1. The number of ether oxygens (including phenoxy) is 2. The fourth-order valence-electron chi connectivity index (χ4n) is 8.70. The Balaban J connectivity index is 0.885. The molecule has 6 N–H and O–H groups in total. The van der Waals surface area contributed by atoms with Crippen molar-refractivity contribution >= 4 is 40.9 Å².